The quantitative estimate of drug-likeness (QED) is 0.669. The van der Waals surface area contributed by atoms with Crippen molar-refractivity contribution in [3.63, 3.8) is 0 Å². The van der Waals surface area contributed by atoms with Crippen molar-refractivity contribution in [1.29, 1.82) is 0 Å². The molecule has 1 aliphatic rings. The number of Topliss-reactive ketones (excluding diaryl/α,β-unsaturated/α-hetero) is 1. The fourth-order valence-electron chi connectivity index (χ4n) is 3.91. The maximum atomic E-state index is 11.5. The van der Waals surface area contributed by atoms with E-state index in [1.54, 1.807) is 21.1 Å². The molecule has 0 spiro atoms. The van der Waals surface area contributed by atoms with Crippen LogP contribution in [-0.4, -0.2) is 20.0 Å². The maximum Gasteiger partial charge on any atom is 0.161 e. The first-order valence-corrected chi connectivity index (χ1v) is 8.77. The lowest BCUT2D eigenvalue weighted by Gasteiger charge is -2.36. The van der Waals surface area contributed by atoms with Crippen LogP contribution in [0.5, 0.6) is 11.5 Å². The van der Waals surface area contributed by atoms with E-state index in [4.69, 9.17) is 9.47 Å². The largest absolute Gasteiger partial charge is 0.493 e. The molecule has 132 valence electrons. The molecule has 0 unspecified atom stereocenters. The number of allylic oxidation sites excluding steroid dienone is 2. The van der Waals surface area contributed by atoms with Gasteiger partial charge in [0.2, 0.25) is 0 Å². The summed E-state index contributed by atoms with van der Waals surface area (Å²) in [5.41, 5.74) is 3.96. The van der Waals surface area contributed by atoms with Gasteiger partial charge in [-0.3, -0.25) is 0 Å². The number of carbonyl (C=O) groups excluding carboxylic acids is 1. The van der Waals surface area contributed by atoms with Crippen molar-refractivity contribution in [3.05, 3.63) is 34.9 Å². The molecule has 0 bridgehead atoms. The van der Waals surface area contributed by atoms with Gasteiger partial charge in [0.1, 0.15) is 5.78 Å². The highest BCUT2D eigenvalue weighted by molar-refractivity contribution is 5.75. The van der Waals surface area contributed by atoms with Crippen LogP contribution in [0.25, 0.3) is 0 Å². The standard InChI is InChI=1S/C21H30O3/c1-13(2)9-16-10-14(3)17(8-7-15(4)22)19-12-21(24-6)20(23-5)11-18(16)19/h9,11-12,14,16-17H,7-8,10H2,1-6H3/t14-,16-,17+/m0/s1. The molecule has 2 rings (SSSR count). The number of methoxy groups -OCH3 is 2. The Kier molecular flexibility index (Phi) is 6.09. The van der Waals surface area contributed by atoms with E-state index in [-0.39, 0.29) is 5.78 Å². The second-order valence-corrected chi connectivity index (χ2v) is 7.25. The summed E-state index contributed by atoms with van der Waals surface area (Å²) in [5, 5.41) is 0. The summed E-state index contributed by atoms with van der Waals surface area (Å²) in [6.45, 7) is 8.27. The molecule has 0 heterocycles. The van der Waals surface area contributed by atoms with Crippen LogP contribution in [0.3, 0.4) is 0 Å². The maximum absolute atomic E-state index is 11.5. The van der Waals surface area contributed by atoms with E-state index in [2.05, 4.69) is 39.0 Å². The van der Waals surface area contributed by atoms with E-state index in [9.17, 15) is 4.79 Å². The third kappa shape index (κ3) is 4.00. The monoisotopic (exact) mass is 330 g/mol. The number of ether oxygens (including phenoxy) is 2. The van der Waals surface area contributed by atoms with Gasteiger partial charge in [0.15, 0.2) is 11.5 Å². The number of hydrogen-bond acceptors (Lipinski definition) is 3. The van der Waals surface area contributed by atoms with Crippen molar-refractivity contribution in [2.75, 3.05) is 14.2 Å². The van der Waals surface area contributed by atoms with Crippen LogP contribution in [-0.2, 0) is 4.79 Å². The summed E-state index contributed by atoms with van der Waals surface area (Å²) < 4.78 is 11.0. The zero-order valence-electron chi connectivity index (χ0n) is 15.8. The molecule has 1 aliphatic carbocycles. The summed E-state index contributed by atoms with van der Waals surface area (Å²) in [7, 11) is 3.35. The number of carbonyl (C=O) groups is 1. The van der Waals surface area contributed by atoms with Gasteiger partial charge in [-0.15, -0.1) is 0 Å². The van der Waals surface area contributed by atoms with Gasteiger partial charge < -0.3 is 14.3 Å². The second kappa shape index (κ2) is 7.87. The van der Waals surface area contributed by atoms with Gasteiger partial charge in [-0.05, 0) is 68.7 Å². The van der Waals surface area contributed by atoms with Crippen LogP contribution in [0.1, 0.15) is 69.9 Å². The minimum Gasteiger partial charge on any atom is -0.493 e. The van der Waals surface area contributed by atoms with Crippen molar-refractivity contribution in [2.45, 2.75) is 58.8 Å². The van der Waals surface area contributed by atoms with Gasteiger partial charge in [0, 0.05) is 12.3 Å². The normalized spacial score (nSPS) is 22.5. The van der Waals surface area contributed by atoms with Crippen molar-refractivity contribution in [1.82, 2.24) is 0 Å². The lowest BCUT2D eigenvalue weighted by atomic mass is 9.69. The molecular weight excluding hydrogens is 300 g/mol. The summed E-state index contributed by atoms with van der Waals surface area (Å²) in [6, 6.07) is 4.26. The Hall–Kier alpha value is -1.77. The molecule has 24 heavy (non-hydrogen) atoms. The predicted molar refractivity (Wildman–Crippen MR) is 98.2 cm³/mol. The number of fused-ring (bicyclic) bond motifs is 1. The molecule has 1 aromatic rings. The van der Waals surface area contributed by atoms with Gasteiger partial charge in [-0.25, -0.2) is 0 Å². The summed E-state index contributed by atoms with van der Waals surface area (Å²) in [6.07, 6.45) is 5.00. The van der Waals surface area contributed by atoms with Crippen molar-refractivity contribution >= 4 is 5.78 Å². The van der Waals surface area contributed by atoms with E-state index in [0.717, 1.165) is 24.3 Å². The topological polar surface area (TPSA) is 35.5 Å². The van der Waals surface area contributed by atoms with Crippen LogP contribution >= 0.6 is 0 Å². The van der Waals surface area contributed by atoms with E-state index in [0.29, 0.717) is 24.2 Å². The molecule has 1 aromatic carbocycles. The molecule has 0 radical (unpaired) electrons. The van der Waals surface area contributed by atoms with E-state index in [1.807, 2.05) is 0 Å². The summed E-state index contributed by atoms with van der Waals surface area (Å²) >= 11 is 0. The Balaban J connectivity index is 2.53. The van der Waals surface area contributed by atoms with Crippen LogP contribution in [0.15, 0.2) is 23.8 Å². The molecule has 0 fully saturated rings. The number of rotatable bonds is 6. The van der Waals surface area contributed by atoms with Gasteiger partial charge in [0.05, 0.1) is 14.2 Å². The summed E-state index contributed by atoms with van der Waals surface area (Å²) in [5.74, 6) is 3.14. The van der Waals surface area contributed by atoms with Crippen LogP contribution in [0.2, 0.25) is 0 Å². The van der Waals surface area contributed by atoms with Crippen molar-refractivity contribution in [3.8, 4) is 11.5 Å². The fraction of sp³-hybridized carbons (Fsp3) is 0.571. The fourth-order valence-corrected chi connectivity index (χ4v) is 3.91. The van der Waals surface area contributed by atoms with Crippen LogP contribution in [0, 0.1) is 5.92 Å². The van der Waals surface area contributed by atoms with Crippen molar-refractivity contribution < 1.29 is 14.3 Å². The first-order valence-electron chi connectivity index (χ1n) is 8.77. The van der Waals surface area contributed by atoms with Gasteiger partial charge in [-0.1, -0.05) is 18.6 Å². The van der Waals surface area contributed by atoms with Gasteiger partial charge >= 0.3 is 0 Å². The average Bonchev–Trinajstić information content (AvgIpc) is 2.52. The van der Waals surface area contributed by atoms with E-state index >= 15 is 0 Å². The van der Waals surface area contributed by atoms with Crippen LogP contribution in [0.4, 0.5) is 0 Å². The summed E-state index contributed by atoms with van der Waals surface area (Å²) in [4.78, 5) is 11.5. The zero-order chi connectivity index (χ0) is 17.9. The molecule has 0 saturated heterocycles. The number of ketones is 1. The SMILES string of the molecule is COc1cc2c(cc1OC)[C@H](CCC(C)=O)[C@@H](C)C[C@@H]2C=C(C)C. The Morgan fingerprint density at radius 2 is 1.71 bits per heavy atom. The third-order valence-corrected chi connectivity index (χ3v) is 5.04. The number of hydrogen-bond donors (Lipinski definition) is 0. The molecular formula is C21H30O3. The first-order chi connectivity index (χ1) is 11.4. The molecule has 0 amide bonds. The number of benzene rings is 1. The molecule has 3 atom stereocenters. The highest BCUT2D eigenvalue weighted by Crippen LogP contribution is 2.48. The Morgan fingerprint density at radius 1 is 1.12 bits per heavy atom. The first kappa shape index (κ1) is 18.6. The minimum atomic E-state index is 0.260. The van der Waals surface area contributed by atoms with E-state index < -0.39 is 0 Å². The smallest absolute Gasteiger partial charge is 0.161 e. The minimum absolute atomic E-state index is 0.260. The van der Waals surface area contributed by atoms with Gasteiger partial charge in [-0.2, -0.15) is 0 Å². The molecule has 0 N–H and O–H groups in total. The molecule has 0 aromatic heterocycles. The average molecular weight is 330 g/mol. The zero-order valence-corrected chi connectivity index (χ0v) is 15.8. The lowest BCUT2D eigenvalue weighted by Crippen LogP contribution is -2.22. The van der Waals surface area contributed by atoms with E-state index in [1.165, 1.54) is 16.7 Å². The van der Waals surface area contributed by atoms with Crippen LogP contribution < -0.4 is 9.47 Å². The highest BCUT2D eigenvalue weighted by atomic mass is 16.5. The molecule has 0 saturated carbocycles. The Bertz CT molecular complexity index is 626. The lowest BCUT2D eigenvalue weighted by molar-refractivity contribution is -0.117. The second-order valence-electron chi connectivity index (χ2n) is 7.25. The molecule has 3 heteroatoms. The highest BCUT2D eigenvalue weighted by Gasteiger charge is 2.33. The Morgan fingerprint density at radius 3 is 2.21 bits per heavy atom. The Labute approximate surface area is 146 Å². The predicted octanol–water partition coefficient (Wildman–Crippen LogP) is 5.25. The molecule has 0 aliphatic heterocycles. The van der Waals surface area contributed by atoms with Gasteiger partial charge in [0.25, 0.3) is 0 Å². The molecule has 3 nitrogen and oxygen atoms in total. The van der Waals surface area contributed by atoms with Crippen molar-refractivity contribution in [2.24, 2.45) is 5.92 Å². The third-order valence-electron chi connectivity index (χ3n) is 5.04.